The van der Waals surface area contributed by atoms with E-state index in [1.165, 1.54) is 4.90 Å². The van der Waals surface area contributed by atoms with Crippen LogP contribution < -0.4 is 10.2 Å². The van der Waals surface area contributed by atoms with Gasteiger partial charge in [-0.25, -0.2) is 0 Å². The maximum absolute atomic E-state index is 12.1. The van der Waals surface area contributed by atoms with Crippen molar-refractivity contribution in [3.05, 3.63) is 60.2 Å². The van der Waals surface area contributed by atoms with Gasteiger partial charge in [-0.1, -0.05) is 18.2 Å². The van der Waals surface area contributed by atoms with Crippen LogP contribution in [0.25, 0.3) is 0 Å². The van der Waals surface area contributed by atoms with Gasteiger partial charge in [0.2, 0.25) is 11.8 Å². The molecule has 0 heterocycles. The quantitative estimate of drug-likeness (QED) is 0.880. The van der Waals surface area contributed by atoms with Gasteiger partial charge < -0.3 is 10.2 Å². The molecule has 0 saturated heterocycles. The van der Waals surface area contributed by atoms with Gasteiger partial charge in [-0.05, 0) is 36.4 Å². The SMILES string of the molecule is CN(C(=O)CC(=O)Nc1ccc(C#N)cc1)c1ccccc1. The number of rotatable bonds is 4. The van der Waals surface area contributed by atoms with Gasteiger partial charge in [-0.15, -0.1) is 0 Å². The van der Waals surface area contributed by atoms with Gasteiger partial charge in [0.1, 0.15) is 6.42 Å². The molecular weight excluding hydrogens is 278 g/mol. The van der Waals surface area contributed by atoms with Crippen molar-refractivity contribution in [1.82, 2.24) is 0 Å². The highest BCUT2D eigenvalue weighted by Crippen LogP contribution is 2.13. The fraction of sp³-hybridized carbons (Fsp3) is 0.118. The summed E-state index contributed by atoms with van der Waals surface area (Å²) in [4.78, 5) is 25.4. The number of carbonyl (C=O) groups is 2. The Bertz CT molecular complexity index is 703. The number of nitrogens with zero attached hydrogens (tertiary/aromatic N) is 2. The maximum atomic E-state index is 12.1. The summed E-state index contributed by atoms with van der Waals surface area (Å²) in [7, 11) is 1.63. The van der Waals surface area contributed by atoms with Crippen molar-refractivity contribution in [3.63, 3.8) is 0 Å². The van der Waals surface area contributed by atoms with E-state index in [1.807, 2.05) is 24.3 Å². The highest BCUT2D eigenvalue weighted by molar-refractivity contribution is 6.08. The summed E-state index contributed by atoms with van der Waals surface area (Å²) in [6, 6.07) is 17.6. The number of hydrogen-bond acceptors (Lipinski definition) is 3. The van der Waals surface area contributed by atoms with Gasteiger partial charge >= 0.3 is 0 Å². The van der Waals surface area contributed by atoms with Crippen LogP contribution in [0, 0.1) is 11.3 Å². The molecule has 0 spiro atoms. The smallest absolute Gasteiger partial charge is 0.236 e. The third-order valence-corrected chi connectivity index (χ3v) is 3.13. The number of para-hydroxylation sites is 1. The second kappa shape index (κ2) is 7.04. The number of amides is 2. The molecule has 0 aromatic heterocycles. The largest absolute Gasteiger partial charge is 0.326 e. The molecule has 2 rings (SSSR count). The van der Waals surface area contributed by atoms with Crippen molar-refractivity contribution in [2.45, 2.75) is 6.42 Å². The van der Waals surface area contributed by atoms with Gasteiger partial charge in [0.05, 0.1) is 11.6 Å². The number of carbonyl (C=O) groups excluding carboxylic acids is 2. The molecule has 0 aliphatic rings. The Balaban J connectivity index is 1.93. The lowest BCUT2D eigenvalue weighted by Gasteiger charge is -2.17. The Labute approximate surface area is 128 Å². The average Bonchev–Trinajstić information content (AvgIpc) is 2.55. The molecule has 2 amide bonds. The number of nitrogens with one attached hydrogen (secondary N) is 1. The summed E-state index contributed by atoms with van der Waals surface area (Å²) >= 11 is 0. The Morgan fingerprint density at radius 2 is 1.73 bits per heavy atom. The monoisotopic (exact) mass is 293 g/mol. The van der Waals surface area contributed by atoms with E-state index in [4.69, 9.17) is 5.26 Å². The maximum Gasteiger partial charge on any atom is 0.236 e. The zero-order valence-corrected chi connectivity index (χ0v) is 12.1. The van der Waals surface area contributed by atoms with E-state index in [0.717, 1.165) is 5.69 Å². The van der Waals surface area contributed by atoms with Crippen molar-refractivity contribution in [3.8, 4) is 6.07 Å². The van der Waals surface area contributed by atoms with Crippen LogP contribution in [0.5, 0.6) is 0 Å². The van der Waals surface area contributed by atoms with Crippen LogP contribution in [0.4, 0.5) is 11.4 Å². The molecule has 5 nitrogen and oxygen atoms in total. The van der Waals surface area contributed by atoms with E-state index < -0.39 is 5.91 Å². The molecule has 1 N–H and O–H groups in total. The third-order valence-electron chi connectivity index (χ3n) is 3.13. The predicted molar refractivity (Wildman–Crippen MR) is 84.3 cm³/mol. The molecule has 0 fully saturated rings. The van der Waals surface area contributed by atoms with E-state index in [2.05, 4.69) is 5.32 Å². The van der Waals surface area contributed by atoms with Gasteiger partial charge in [0.25, 0.3) is 0 Å². The summed E-state index contributed by atoms with van der Waals surface area (Å²) in [5.74, 6) is -0.685. The van der Waals surface area contributed by atoms with E-state index in [1.54, 1.807) is 43.4 Å². The molecule has 0 aliphatic heterocycles. The minimum absolute atomic E-state index is 0.245. The molecule has 22 heavy (non-hydrogen) atoms. The normalized spacial score (nSPS) is 9.64. The predicted octanol–water partition coefficient (Wildman–Crippen LogP) is 2.55. The molecule has 5 heteroatoms. The summed E-state index contributed by atoms with van der Waals surface area (Å²) in [6.45, 7) is 0. The van der Waals surface area contributed by atoms with Crippen LogP contribution in [-0.4, -0.2) is 18.9 Å². The number of hydrogen-bond donors (Lipinski definition) is 1. The first-order valence-corrected chi connectivity index (χ1v) is 6.72. The van der Waals surface area contributed by atoms with Gasteiger partial charge in [-0.2, -0.15) is 5.26 Å². The Kier molecular flexibility index (Phi) is 4.89. The van der Waals surface area contributed by atoms with Crippen molar-refractivity contribution >= 4 is 23.2 Å². The Morgan fingerprint density at radius 1 is 1.09 bits per heavy atom. The first-order chi connectivity index (χ1) is 10.6. The second-order valence-electron chi connectivity index (χ2n) is 4.70. The van der Waals surface area contributed by atoms with Crippen molar-refractivity contribution < 1.29 is 9.59 Å². The zero-order valence-electron chi connectivity index (χ0n) is 12.1. The lowest BCUT2D eigenvalue weighted by molar-refractivity contribution is -0.125. The molecular formula is C17H15N3O2. The number of anilines is 2. The van der Waals surface area contributed by atoms with Crippen molar-refractivity contribution in [2.75, 3.05) is 17.3 Å². The standard InChI is InChI=1S/C17H15N3O2/c1-20(15-5-3-2-4-6-15)17(22)11-16(21)19-14-9-7-13(12-18)8-10-14/h2-10H,11H2,1H3,(H,19,21). The minimum Gasteiger partial charge on any atom is -0.326 e. The Morgan fingerprint density at radius 3 is 2.32 bits per heavy atom. The summed E-state index contributed by atoms with van der Waals surface area (Å²) in [5.41, 5.74) is 1.80. The van der Waals surface area contributed by atoms with Gasteiger partial charge in [-0.3, -0.25) is 9.59 Å². The highest BCUT2D eigenvalue weighted by Gasteiger charge is 2.15. The van der Waals surface area contributed by atoms with E-state index in [9.17, 15) is 9.59 Å². The van der Waals surface area contributed by atoms with Crippen LogP contribution in [0.15, 0.2) is 54.6 Å². The summed E-state index contributed by atoms with van der Waals surface area (Å²) in [5, 5.41) is 11.3. The van der Waals surface area contributed by atoms with Crippen LogP contribution in [-0.2, 0) is 9.59 Å². The molecule has 2 aromatic rings. The summed E-state index contributed by atoms with van der Waals surface area (Å²) < 4.78 is 0. The van der Waals surface area contributed by atoms with Crippen LogP contribution >= 0.6 is 0 Å². The van der Waals surface area contributed by atoms with E-state index >= 15 is 0 Å². The molecule has 0 radical (unpaired) electrons. The van der Waals surface area contributed by atoms with E-state index in [0.29, 0.717) is 11.3 Å². The van der Waals surface area contributed by atoms with Crippen LogP contribution in [0.2, 0.25) is 0 Å². The van der Waals surface area contributed by atoms with Crippen LogP contribution in [0.1, 0.15) is 12.0 Å². The average molecular weight is 293 g/mol. The lowest BCUT2D eigenvalue weighted by atomic mass is 10.2. The number of benzene rings is 2. The molecule has 0 aliphatic carbocycles. The van der Waals surface area contributed by atoms with Crippen molar-refractivity contribution in [2.24, 2.45) is 0 Å². The van der Waals surface area contributed by atoms with E-state index in [-0.39, 0.29) is 12.3 Å². The third kappa shape index (κ3) is 3.93. The molecule has 0 unspecified atom stereocenters. The fourth-order valence-corrected chi connectivity index (χ4v) is 1.88. The van der Waals surface area contributed by atoms with Crippen molar-refractivity contribution in [1.29, 1.82) is 5.26 Å². The van der Waals surface area contributed by atoms with Gasteiger partial charge in [0.15, 0.2) is 0 Å². The highest BCUT2D eigenvalue weighted by atomic mass is 16.2. The lowest BCUT2D eigenvalue weighted by Crippen LogP contribution is -2.30. The second-order valence-corrected chi connectivity index (χ2v) is 4.70. The molecule has 110 valence electrons. The minimum atomic E-state index is -0.391. The fourth-order valence-electron chi connectivity index (χ4n) is 1.88. The molecule has 0 atom stereocenters. The summed E-state index contributed by atoms with van der Waals surface area (Å²) in [6.07, 6.45) is -0.245. The Hall–Kier alpha value is -3.13. The van der Waals surface area contributed by atoms with Crippen LogP contribution in [0.3, 0.4) is 0 Å². The first kappa shape index (κ1) is 15.3. The van der Waals surface area contributed by atoms with Gasteiger partial charge in [0, 0.05) is 18.4 Å². The zero-order chi connectivity index (χ0) is 15.9. The molecule has 0 bridgehead atoms. The molecule has 0 saturated carbocycles. The topological polar surface area (TPSA) is 73.2 Å². The molecule has 2 aromatic carbocycles. The first-order valence-electron chi connectivity index (χ1n) is 6.72. The number of nitriles is 1.